The Morgan fingerprint density at radius 1 is 1.35 bits per heavy atom. The number of alkyl halides is 1. The Bertz CT molecular complexity index is 553. The van der Waals surface area contributed by atoms with E-state index in [1.165, 1.54) is 6.07 Å². The van der Waals surface area contributed by atoms with Crippen molar-refractivity contribution in [2.24, 2.45) is 0 Å². The van der Waals surface area contributed by atoms with Crippen molar-refractivity contribution < 1.29 is 4.39 Å². The topological polar surface area (TPSA) is 0 Å². The molecule has 1 atom stereocenters. The van der Waals surface area contributed by atoms with E-state index in [2.05, 4.69) is 15.9 Å². The summed E-state index contributed by atoms with van der Waals surface area (Å²) < 4.78 is 14.1. The minimum atomic E-state index is -0.428. The third-order valence-corrected chi connectivity index (χ3v) is 4.78. The van der Waals surface area contributed by atoms with Gasteiger partial charge in [-0.25, -0.2) is 4.39 Å². The molecular weight excluding hydrogens is 346 g/mol. The monoisotopic (exact) mass is 352 g/mol. The number of hydrogen-bond donors (Lipinski definition) is 0. The van der Waals surface area contributed by atoms with Gasteiger partial charge in [0, 0.05) is 4.88 Å². The normalized spacial score (nSPS) is 12.8. The minimum absolute atomic E-state index is 0.0973. The van der Waals surface area contributed by atoms with E-state index < -0.39 is 5.82 Å². The molecule has 0 fully saturated rings. The van der Waals surface area contributed by atoms with Crippen molar-refractivity contribution >= 4 is 50.5 Å². The van der Waals surface area contributed by atoms with Crippen molar-refractivity contribution in [3.05, 3.63) is 54.9 Å². The first-order valence-electron chi connectivity index (χ1n) is 4.84. The van der Waals surface area contributed by atoms with Crippen LogP contribution >= 0.6 is 50.5 Å². The van der Waals surface area contributed by atoms with Gasteiger partial charge in [0.2, 0.25) is 0 Å². The summed E-state index contributed by atoms with van der Waals surface area (Å²) in [6, 6.07) is 6.54. The molecule has 1 heterocycles. The summed E-state index contributed by atoms with van der Waals surface area (Å²) in [5, 5.41) is -0.212. The zero-order valence-electron chi connectivity index (χ0n) is 8.81. The molecule has 2 aromatic rings. The Hall–Kier alpha value is -0.0900. The van der Waals surface area contributed by atoms with Gasteiger partial charge in [-0.05, 0) is 52.2 Å². The molecule has 0 bridgehead atoms. The average molecular weight is 354 g/mol. The molecule has 5 heteroatoms. The van der Waals surface area contributed by atoms with Crippen LogP contribution in [0.4, 0.5) is 4.39 Å². The predicted octanol–water partition coefficient (Wildman–Crippen LogP) is 5.94. The fourth-order valence-corrected chi connectivity index (χ4v) is 3.92. The third-order valence-electron chi connectivity index (χ3n) is 2.44. The first kappa shape index (κ1) is 13.3. The number of aryl methyl sites for hydroxylation is 1. The summed E-state index contributed by atoms with van der Waals surface area (Å²) in [6.07, 6.45) is 0. The van der Waals surface area contributed by atoms with Crippen LogP contribution in [-0.4, -0.2) is 0 Å². The van der Waals surface area contributed by atoms with Gasteiger partial charge in [-0.15, -0.1) is 22.9 Å². The summed E-state index contributed by atoms with van der Waals surface area (Å²) in [7, 11) is 0. The van der Waals surface area contributed by atoms with E-state index in [9.17, 15) is 4.39 Å². The van der Waals surface area contributed by atoms with E-state index in [-0.39, 0.29) is 10.4 Å². The Labute approximate surface area is 121 Å². The number of benzene rings is 1. The van der Waals surface area contributed by atoms with Gasteiger partial charge >= 0.3 is 0 Å². The molecule has 1 unspecified atom stereocenters. The van der Waals surface area contributed by atoms with E-state index in [4.69, 9.17) is 23.2 Å². The van der Waals surface area contributed by atoms with Crippen molar-refractivity contribution in [1.29, 1.82) is 0 Å². The molecular formula is C12H8BrCl2FS. The molecule has 90 valence electrons. The van der Waals surface area contributed by atoms with Crippen molar-refractivity contribution in [3.8, 4) is 0 Å². The highest BCUT2D eigenvalue weighted by atomic mass is 79.9. The molecule has 0 aliphatic carbocycles. The summed E-state index contributed by atoms with van der Waals surface area (Å²) in [5.74, 6) is -0.428. The number of hydrogen-bond acceptors (Lipinski definition) is 1. The maximum Gasteiger partial charge on any atom is 0.141 e. The fourth-order valence-electron chi connectivity index (χ4n) is 1.56. The van der Waals surface area contributed by atoms with Gasteiger partial charge in [0.05, 0.1) is 14.2 Å². The maximum atomic E-state index is 13.1. The van der Waals surface area contributed by atoms with Crippen LogP contribution in [0.25, 0.3) is 0 Å². The van der Waals surface area contributed by atoms with Gasteiger partial charge < -0.3 is 0 Å². The summed E-state index contributed by atoms with van der Waals surface area (Å²) >= 11 is 17.2. The van der Waals surface area contributed by atoms with Crippen LogP contribution in [0.15, 0.2) is 28.1 Å². The lowest BCUT2D eigenvalue weighted by atomic mass is 10.1. The van der Waals surface area contributed by atoms with Crippen LogP contribution in [0, 0.1) is 12.7 Å². The quantitative estimate of drug-likeness (QED) is 0.586. The van der Waals surface area contributed by atoms with Gasteiger partial charge in [-0.1, -0.05) is 17.7 Å². The summed E-state index contributed by atoms with van der Waals surface area (Å²) in [4.78, 5) is 1.14. The van der Waals surface area contributed by atoms with E-state index >= 15 is 0 Å². The van der Waals surface area contributed by atoms with Crippen molar-refractivity contribution in [3.63, 3.8) is 0 Å². The van der Waals surface area contributed by atoms with Crippen LogP contribution in [0.1, 0.15) is 21.4 Å². The Morgan fingerprint density at radius 3 is 2.59 bits per heavy atom. The molecule has 2 rings (SSSR count). The second kappa shape index (κ2) is 5.27. The SMILES string of the molecule is Cc1sc(Br)cc1C(Cl)c1ccc(F)c(Cl)c1. The molecule has 1 aromatic heterocycles. The molecule has 0 radical (unpaired) electrons. The molecule has 0 saturated carbocycles. The largest absolute Gasteiger partial charge is 0.205 e. The first-order valence-corrected chi connectivity index (χ1v) is 7.26. The zero-order valence-corrected chi connectivity index (χ0v) is 12.7. The maximum absolute atomic E-state index is 13.1. The van der Waals surface area contributed by atoms with Crippen LogP contribution in [-0.2, 0) is 0 Å². The summed E-state index contributed by atoms with van der Waals surface area (Å²) in [6.45, 7) is 2.01. The Kier molecular flexibility index (Phi) is 4.14. The van der Waals surface area contributed by atoms with Gasteiger partial charge in [0.1, 0.15) is 5.82 Å². The molecule has 0 aliphatic rings. The standard InChI is InChI=1S/C12H8BrCl2FS/c1-6-8(5-11(13)17-6)12(15)7-2-3-10(16)9(14)4-7/h2-5,12H,1H3. The predicted molar refractivity (Wildman–Crippen MR) is 75.9 cm³/mol. The average Bonchev–Trinajstić information content (AvgIpc) is 2.61. The van der Waals surface area contributed by atoms with Crippen LogP contribution < -0.4 is 0 Å². The molecule has 0 saturated heterocycles. The number of rotatable bonds is 2. The molecule has 1 aromatic carbocycles. The fraction of sp³-hybridized carbons (Fsp3) is 0.167. The second-order valence-electron chi connectivity index (χ2n) is 3.60. The van der Waals surface area contributed by atoms with Crippen LogP contribution in [0.3, 0.4) is 0 Å². The van der Waals surface area contributed by atoms with Crippen molar-refractivity contribution in [1.82, 2.24) is 0 Å². The minimum Gasteiger partial charge on any atom is -0.205 e. The highest BCUT2D eigenvalue weighted by Crippen LogP contribution is 2.38. The molecule has 0 aliphatic heterocycles. The van der Waals surface area contributed by atoms with Crippen molar-refractivity contribution in [2.45, 2.75) is 12.3 Å². The van der Waals surface area contributed by atoms with E-state index in [0.29, 0.717) is 0 Å². The zero-order chi connectivity index (χ0) is 12.6. The lowest BCUT2D eigenvalue weighted by molar-refractivity contribution is 0.627. The lowest BCUT2D eigenvalue weighted by Crippen LogP contribution is -1.94. The summed E-state index contributed by atoms with van der Waals surface area (Å²) in [5.41, 5.74) is 1.82. The van der Waals surface area contributed by atoms with Gasteiger partial charge in [0.25, 0.3) is 0 Å². The van der Waals surface area contributed by atoms with E-state index in [1.807, 2.05) is 13.0 Å². The van der Waals surface area contributed by atoms with Gasteiger partial charge in [-0.3, -0.25) is 0 Å². The number of thiophene rings is 1. The number of halogens is 4. The third kappa shape index (κ3) is 2.84. The lowest BCUT2D eigenvalue weighted by Gasteiger charge is -2.10. The highest BCUT2D eigenvalue weighted by Gasteiger charge is 2.16. The van der Waals surface area contributed by atoms with Gasteiger partial charge in [-0.2, -0.15) is 0 Å². The molecule has 0 N–H and O–H groups in total. The van der Waals surface area contributed by atoms with E-state index in [0.717, 1.165) is 19.8 Å². The first-order chi connectivity index (χ1) is 7.99. The van der Waals surface area contributed by atoms with Crippen LogP contribution in [0.2, 0.25) is 5.02 Å². The van der Waals surface area contributed by atoms with E-state index in [1.54, 1.807) is 23.5 Å². The molecule has 0 nitrogen and oxygen atoms in total. The van der Waals surface area contributed by atoms with Gasteiger partial charge in [0.15, 0.2) is 0 Å². The highest BCUT2D eigenvalue weighted by molar-refractivity contribution is 9.11. The van der Waals surface area contributed by atoms with Crippen molar-refractivity contribution in [2.75, 3.05) is 0 Å². The molecule has 17 heavy (non-hydrogen) atoms. The smallest absolute Gasteiger partial charge is 0.141 e. The molecule has 0 amide bonds. The Morgan fingerprint density at radius 2 is 2.06 bits per heavy atom. The molecule has 0 spiro atoms. The Balaban J connectivity index is 2.40. The van der Waals surface area contributed by atoms with Crippen LogP contribution in [0.5, 0.6) is 0 Å². The second-order valence-corrected chi connectivity index (χ2v) is 7.08.